The largest absolute Gasteiger partial charge is 0.493 e. The number of rotatable bonds is 8. The van der Waals surface area contributed by atoms with Gasteiger partial charge in [0, 0.05) is 5.56 Å². The number of amides is 1. The van der Waals surface area contributed by atoms with Crippen LogP contribution in [0.3, 0.4) is 0 Å². The molecule has 0 aliphatic rings. The van der Waals surface area contributed by atoms with Crippen LogP contribution in [0.4, 0.5) is 0 Å². The van der Waals surface area contributed by atoms with E-state index in [-0.39, 0.29) is 5.91 Å². The van der Waals surface area contributed by atoms with Crippen LogP contribution in [-0.2, 0) is 0 Å². The van der Waals surface area contributed by atoms with Crippen LogP contribution in [0.25, 0.3) is 0 Å². The number of nitrogens with zero attached hydrogens (tertiary/aromatic N) is 1. The van der Waals surface area contributed by atoms with E-state index in [2.05, 4.69) is 17.1 Å². The fourth-order valence-corrected chi connectivity index (χ4v) is 2.02. The van der Waals surface area contributed by atoms with Gasteiger partial charge in [-0.15, -0.1) is 0 Å². The molecule has 0 unspecified atom stereocenters. The van der Waals surface area contributed by atoms with Crippen molar-refractivity contribution >= 4 is 12.1 Å². The molecular weight excluding hydrogens is 320 g/mol. The van der Waals surface area contributed by atoms with E-state index in [1.807, 2.05) is 6.07 Å². The first-order valence-corrected chi connectivity index (χ1v) is 7.57. The number of carbonyl (C=O) groups is 1. The van der Waals surface area contributed by atoms with Gasteiger partial charge in [-0.2, -0.15) is 5.10 Å². The molecule has 0 saturated heterocycles. The molecule has 0 aliphatic heterocycles. The molecule has 0 spiro atoms. The summed E-state index contributed by atoms with van der Waals surface area (Å²) in [7, 11) is 3.13. The number of methoxy groups -OCH3 is 2. The molecule has 1 amide bonds. The summed E-state index contributed by atoms with van der Waals surface area (Å²) >= 11 is 0. The minimum atomic E-state index is -0.313. The van der Waals surface area contributed by atoms with E-state index in [1.165, 1.54) is 6.21 Å². The molecule has 6 nitrogen and oxygen atoms in total. The lowest BCUT2D eigenvalue weighted by atomic mass is 10.2. The van der Waals surface area contributed by atoms with Gasteiger partial charge in [0.1, 0.15) is 12.4 Å². The molecule has 1 N–H and O–H groups in total. The lowest BCUT2D eigenvalue weighted by Gasteiger charge is -2.07. The number of hydrogen-bond donors (Lipinski definition) is 1. The molecular formula is C19H20N2O4. The van der Waals surface area contributed by atoms with Gasteiger partial charge in [-0.1, -0.05) is 12.7 Å². The summed E-state index contributed by atoms with van der Waals surface area (Å²) in [6.45, 7) is 4.00. The molecule has 0 aromatic heterocycles. The Hall–Kier alpha value is -3.28. The Labute approximate surface area is 146 Å². The standard InChI is InChI=1S/C19H20N2O4/c1-4-11-25-16-8-6-15(7-9-16)19(22)21-20-13-14-5-10-17(23-2)18(12-14)24-3/h4-10,12-13H,1,11H2,2-3H3,(H,21,22)/b20-13+. The van der Waals surface area contributed by atoms with Crippen molar-refractivity contribution in [2.45, 2.75) is 0 Å². The molecule has 2 rings (SSSR count). The van der Waals surface area contributed by atoms with Gasteiger partial charge in [-0.05, 0) is 48.0 Å². The number of hydrazone groups is 1. The zero-order chi connectivity index (χ0) is 18.1. The van der Waals surface area contributed by atoms with Crippen LogP contribution in [0.15, 0.2) is 60.2 Å². The van der Waals surface area contributed by atoms with Crippen molar-refractivity contribution in [3.63, 3.8) is 0 Å². The van der Waals surface area contributed by atoms with Crippen molar-refractivity contribution in [2.75, 3.05) is 20.8 Å². The van der Waals surface area contributed by atoms with Gasteiger partial charge in [-0.25, -0.2) is 5.43 Å². The first kappa shape index (κ1) is 18.1. The number of hydrogen-bond acceptors (Lipinski definition) is 5. The van der Waals surface area contributed by atoms with Gasteiger partial charge < -0.3 is 14.2 Å². The summed E-state index contributed by atoms with van der Waals surface area (Å²) in [6.07, 6.45) is 3.19. The fourth-order valence-electron chi connectivity index (χ4n) is 2.02. The highest BCUT2D eigenvalue weighted by molar-refractivity contribution is 5.95. The maximum atomic E-state index is 12.1. The van der Waals surface area contributed by atoms with E-state index in [4.69, 9.17) is 14.2 Å². The summed E-state index contributed by atoms with van der Waals surface area (Å²) in [4.78, 5) is 12.1. The third-order valence-corrected chi connectivity index (χ3v) is 3.27. The van der Waals surface area contributed by atoms with Crippen molar-refractivity contribution < 1.29 is 19.0 Å². The zero-order valence-corrected chi connectivity index (χ0v) is 14.2. The minimum Gasteiger partial charge on any atom is -0.493 e. The first-order valence-electron chi connectivity index (χ1n) is 7.57. The maximum absolute atomic E-state index is 12.1. The second-order valence-electron chi connectivity index (χ2n) is 4.94. The number of carbonyl (C=O) groups excluding carboxylic acids is 1. The van der Waals surface area contributed by atoms with E-state index in [0.29, 0.717) is 29.4 Å². The van der Waals surface area contributed by atoms with Gasteiger partial charge in [0.05, 0.1) is 20.4 Å². The lowest BCUT2D eigenvalue weighted by molar-refractivity contribution is 0.0955. The van der Waals surface area contributed by atoms with Crippen LogP contribution in [0.5, 0.6) is 17.2 Å². The van der Waals surface area contributed by atoms with Crippen LogP contribution in [0, 0.1) is 0 Å². The van der Waals surface area contributed by atoms with Crippen molar-refractivity contribution in [1.82, 2.24) is 5.43 Å². The molecule has 0 saturated carbocycles. The molecule has 2 aromatic rings. The predicted octanol–water partition coefficient (Wildman–Crippen LogP) is 3.03. The Bertz CT molecular complexity index is 755. The smallest absolute Gasteiger partial charge is 0.271 e. The van der Waals surface area contributed by atoms with E-state index in [1.54, 1.807) is 56.7 Å². The molecule has 0 radical (unpaired) electrons. The normalized spacial score (nSPS) is 10.3. The van der Waals surface area contributed by atoms with Crippen molar-refractivity contribution in [1.29, 1.82) is 0 Å². The highest BCUT2D eigenvalue weighted by Crippen LogP contribution is 2.26. The Morgan fingerprint density at radius 3 is 2.48 bits per heavy atom. The topological polar surface area (TPSA) is 69.2 Å². The van der Waals surface area contributed by atoms with Gasteiger partial charge >= 0.3 is 0 Å². The summed E-state index contributed by atoms with van der Waals surface area (Å²) in [5.41, 5.74) is 3.73. The molecule has 130 valence electrons. The Balaban J connectivity index is 1.97. The first-order chi connectivity index (χ1) is 12.2. The SMILES string of the molecule is C=CCOc1ccc(C(=O)N/N=C/c2ccc(OC)c(OC)c2)cc1. The van der Waals surface area contributed by atoms with E-state index in [0.717, 1.165) is 5.56 Å². The number of ether oxygens (including phenoxy) is 3. The summed E-state index contributed by atoms with van der Waals surface area (Å²) in [6, 6.07) is 12.1. The van der Waals surface area contributed by atoms with Gasteiger partial charge in [0.25, 0.3) is 5.91 Å². The molecule has 0 bridgehead atoms. The van der Waals surface area contributed by atoms with E-state index >= 15 is 0 Å². The fraction of sp³-hybridized carbons (Fsp3) is 0.158. The van der Waals surface area contributed by atoms with Crippen molar-refractivity contribution in [3.05, 3.63) is 66.2 Å². The predicted molar refractivity (Wildman–Crippen MR) is 96.7 cm³/mol. The number of benzene rings is 2. The van der Waals surface area contributed by atoms with Crippen LogP contribution in [-0.4, -0.2) is 32.9 Å². The van der Waals surface area contributed by atoms with Crippen LogP contribution < -0.4 is 19.6 Å². The minimum absolute atomic E-state index is 0.313. The lowest BCUT2D eigenvalue weighted by Crippen LogP contribution is -2.17. The van der Waals surface area contributed by atoms with E-state index < -0.39 is 0 Å². The second-order valence-corrected chi connectivity index (χ2v) is 4.94. The Kier molecular flexibility index (Phi) is 6.59. The van der Waals surface area contributed by atoms with Crippen LogP contribution in [0.2, 0.25) is 0 Å². The summed E-state index contributed by atoms with van der Waals surface area (Å²) < 4.78 is 15.8. The van der Waals surface area contributed by atoms with E-state index in [9.17, 15) is 4.79 Å². The molecule has 0 atom stereocenters. The quantitative estimate of drug-likeness (QED) is 0.456. The van der Waals surface area contributed by atoms with Crippen LogP contribution >= 0.6 is 0 Å². The van der Waals surface area contributed by atoms with Crippen molar-refractivity contribution in [3.8, 4) is 17.2 Å². The zero-order valence-electron chi connectivity index (χ0n) is 14.2. The Morgan fingerprint density at radius 2 is 1.84 bits per heavy atom. The molecule has 0 fully saturated rings. The monoisotopic (exact) mass is 340 g/mol. The van der Waals surface area contributed by atoms with Crippen molar-refractivity contribution in [2.24, 2.45) is 5.10 Å². The van der Waals surface area contributed by atoms with Gasteiger partial charge in [0.15, 0.2) is 11.5 Å². The summed E-state index contributed by atoms with van der Waals surface area (Å²) in [5.74, 6) is 1.58. The second kappa shape index (κ2) is 9.12. The highest BCUT2D eigenvalue weighted by atomic mass is 16.5. The Morgan fingerprint density at radius 1 is 1.12 bits per heavy atom. The molecule has 2 aromatic carbocycles. The molecule has 6 heteroatoms. The average molecular weight is 340 g/mol. The average Bonchev–Trinajstić information content (AvgIpc) is 2.66. The third-order valence-electron chi connectivity index (χ3n) is 3.27. The summed E-state index contributed by atoms with van der Waals surface area (Å²) in [5, 5.41) is 3.96. The molecule has 0 aliphatic carbocycles. The maximum Gasteiger partial charge on any atom is 0.271 e. The molecule has 0 heterocycles. The molecule has 25 heavy (non-hydrogen) atoms. The third kappa shape index (κ3) is 5.10. The van der Waals surface area contributed by atoms with Gasteiger partial charge in [-0.3, -0.25) is 4.79 Å². The number of nitrogens with one attached hydrogen (secondary N) is 1. The highest BCUT2D eigenvalue weighted by Gasteiger charge is 2.05. The van der Waals surface area contributed by atoms with Crippen LogP contribution in [0.1, 0.15) is 15.9 Å². The van der Waals surface area contributed by atoms with Gasteiger partial charge in [0.2, 0.25) is 0 Å².